The van der Waals surface area contributed by atoms with E-state index in [1.807, 2.05) is 0 Å². The maximum Gasteiger partial charge on any atom is 0.142 e. The van der Waals surface area contributed by atoms with Crippen LogP contribution in [-0.4, -0.2) is 27.7 Å². The summed E-state index contributed by atoms with van der Waals surface area (Å²) in [6.07, 6.45) is 2.85. The fourth-order valence-electron chi connectivity index (χ4n) is 4.42. The van der Waals surface area contributed by atoms with Crippen molar-refractivity contribution in [2.45, 2.75) is 65.1 Å². The molecule has 3 heteroatoms. The SMILES string of the molecule is C[C@@H]1C[C@H](O)C[C@@]2(C)CC[C@H](C(C)(C)O)C(=O)[C@H]12. The van der Waals surface area contributed by atoms with Gasteiger partial charge in [0, 0.05) is 11.8 Å². The van der Waals surface area contributed by atoms with Gasteiger partial charge in [0.05, 0.1) is 11.7 Å². The van der Waals surface area contributed by atoms with Crippen molar-refractivity contribution in [3.05, 3.63) is 0 Å². The molecule has 0 radical (unpaired) electrons. The predicted molar refractivity (Wildman–Crippen MR) is 70.0 cm³/mol. The second-order valence-electron chi connectivity index (χ2n) is 7.35. The molecule has 3 nitrogen and oxygen atoms in total. The molecule has 18 heavy (non-hydrogen) atoms. The van der Waals surface area contributed by atoms with Gasteiger partial charge in [-0.25, -0.2) is 0 Å². The summed E-state index contributed by atoms with van der Waals surface area (Å²) in [5.41, 5.74) is -0.996. The molecular weight excluding hydrogens is 228 g/mol. The average Bonchev–Trinajstić information content (AvgIpc) is 2.12. The highest BCUT2D eigenvalue weighted by molar-refractivity contribution is 5.86. The van der Waals surface area contributed by atoms with E-state index in [9.17, 15) is 15.0 Å². The van der Waals surface area contributed by atoms with Gasteiger partial charge in [0.1, 0.15) is 5.78 Å². The second-order valence-corrected chi connectivity index (χ2v) is 7.35. The molecule has 0 amide bonds. The molecule has 0 aliphatic heterocycles. The van der Waals surface area contributed by atoms with E-state index in [0.717, 1.165) is 19.3 Å². The third-order valence-corrected chi connectivity index (χ3v) is 5.17. The third-order valence-electron chi connectivity index (χ3n) is 5.17. The second kappa shape index (κ2) is 4.31. The molecule has 0 aromatic rings. The number of carbonyl (C=O) groups is 1. The Morgan fingerprint density at radius 1 is 1.39 bits per heavy atom. The zero-order valence-corrected chi connectivity index (χ0v) is 11.9. The fraction of sp³-hybridized carbons (Fsp3) is 0.933. The van der Waals surface area contributed by atoms with Crippen molar-refractivity contribution in [2.75, 3.05) is 0 Å². The number of aliphatic hydroxyl groups is 2. The molecule has 2 fully saturated rings. The Labute approximate surface area is 110 Å². The van der Waals surface area contributed by atoms with Crippen molar-refractivity contribution in [2.24, 2.45) is 23.2 Å². The standard InChI is InChI=1S/C15H26O3/c1-9-7-10(16)8-15(4)6-5-11(14(2,3)18)13(17)12(9)15/h9-12,16,18H,5-8H2,1-4H3/t9-,10+,11+,12+,15-/m1/s1. The molecule has 2 N–H and O–H groups in total. The number of aliphatic hydroxyl groups excluding tert-OH is 1. The highest BCUT2D eigenvalue weighted by Gasteiger charge is 2.54. The van der Waals surface area contributed by atoms with Crippen LogP contribution in [0.4, 0.5) is 0 Å². The number of carbonyl (C=O) groups excluding carboxylic acids is 1. The molecule has 2 rings (SSSR count). The van der Waals surface area contributed by atoms with E-state index in [0.29, 0.717) is 6.42 Å². The molecule has 104 valence electrons. The smallest absolute Gasteiger partial charge is 0.142 e. The van der Waals surface area contributed by atoms with Crippen LogP contribution in [0.2, 0.25) is 0 Å². The summed E-state index contributed by atoms with van der Waals surface area (Å²) in [6, 6.07) is 0. The zero-order valence-electron chi connectivity index (χ0n) is 11.9. The summed E-state index contributed by atoms with van der Waals surface area (Å²) < 4.78 is 0. The lowest BCUT2D eigenvalue weighted by molar-refractivity contribution is -0.155. The Morgan fingerprint density at radius 3 is 2.56 bits per heavy atom. The van der Waals surface area contributed by atoms with Crippen molar-refractivity contribution in [3.63, 3.8) is 0 Å². The van der Waals surface area contributed by atoms with Crippen LogP contribution in [0.1, 0.15) is 53.4 Å². The van der Waals surface area contributed by atoms with Crippen LogP contribution < -0.4 is 0 Å². The minimum absolute atomic E-state index is 0.00562. The van der Waals surface area contributed by atoms with E-state index in [4.69, 9.17) is 0 Å². The molecule has 2 aliphatic carbocycles. The van der Waals surface area contributed by atoms with E-state index < -0.39 is 5.60 Å². The van der Waals surface area contributed by atoms with Crippen molar-refractivity contribution in [3.8, 4) is 0 Å². The third kappa shape index (κ3) is 2.23. The largest absolute Gasteiger partial charge is 0.393 e. The molecule has 5 atom stereocenters. The van der Waals surface area contributed by atoms with Gasteiger partial charge in [-0.3, -0.25) is 4.79 Å². The van der Waals surface area contributed by atoms with Crippen molar-refractivity contribution < 1.29 is 15.0 Å². The van der Waals surface area contributed by atoms with Gasteiger partial charge in [-0.05, 0) is 50.9 Å². The maximum absolute atomic E-state index is 12.7. The number of Topliss-reactive ketones (excluding diaryl/α,β-unsaturated/α-hetero) is 1. The normalized spacial score (nSPS) is 45.8. The topological polar surface area (TPSA) is 57.5 Å². The lowest BCUT2D eigenvalue weighted by Gasteiger charge is -2.52. The Kier molecular flexibility index (Phi) is 3.35. The molecule has 0 aromatic carbocycles. The number of rotatable bonds is 1. The summed E-state index contributed by atoms with van der Waals surface area (Å²) in [4.78, 5) is 12.7. The van der Waals surface area contributed by atoms with Crippen LogP contribution in [0.25, 0.3) is 0 Å². The van der Waals surface area contributed by atoms with Gasteiger partial charge >= 0.3 is 0 Å². The fourth-order valence-corrected chi connectivity index (χ4v) is 4.42. The lowest BCUT2D eigenvalue weighted by Crippen LogP contribution is -2.54. The minimum atomic E-state index is -0.922. The first-order chi connectivity index (χ1) is 8.15. The molecule has 2 saturated carbocycles. The quantitative estimate of drug-likeness (QED) is 0.754. The summed E-state index contributed by atoms with van der Waals surface area (Å²) in [6.45, 7) is 7.67. The molecule has 0 unspecified atom stereocenters. The molecule has 0 heterocycles. The van der Waals surface area contributed by atoms with Gasteiger partial charge in [-0.1, -0.05) is 13.8 Å². The van der Waals surface area contributed by atoms with E-state index in [-0.39, 0.29) is 35.1 Å². The number of ketones is 1. The highest BCUT2D eigenvalue weighted by Crippen LogP contribution is 2.53. The Morgan fingerprint density at radius 2 is 2.00 bits per heavy atom. The van der Waals surface area contributed by atoms with Crippen LogP contribution in [0, 0.1) is 23.2 Å². The predicted octanol–water partition coefficient (Wildman–Crippen LogP) is 2.15. The Balaban J connectivity index is 2.28. The van der Waals surface area contributed by atoms with Gasteiger partial charge in [0.15, 0.2) is 0 Å². The van der Waals surface area contributed by atoms with Gasteiger partial charge in [-0.15, -0.1) is 0 Å². The number of hydrogen-bond donors (Lipinski definition) is 2. The van der Waals surface area contributed by atoms with E-state index in [1.54, 1.807) is 13.8 Å². The van der Waals surface area contributed by atoms with Crippen LogP contribution >= 0.6 is 0 Å². The summed E-state index contributed by atoms with van der Waals surface area (Å²) in [7, 11) is 0. The Bertz CT molecular complexity index is 344. The van der Waals surface area contributed by atoms with Gasteiger partial charge in [0.2, 0.25) is 0 Å². The zero-order chi connectivity index (χ0) is 13.7. The molecular formula is C15H26O3. The van der Waals surface area contributed by atoms with Gasteiger partial charge in [0.25, 0.3) is 0 Å². The average molecular weight is 254 g/mol. The van der Waals surface area contributed by atoms with E-state index >= 15 is 0 Å². The van der Waals surface area contributed by atoms with Gasteiger partial charge in [-0.2, -0.15) is 0 Å². The van der Waals surface area contributed by atoms with Crippen LogP contribution in [-0.2, 0) is 4.79 Å². The highest BCUT2D eigenvalue weighted by atomic mass is 16.3. The molecule has 0 bridgehead atoms. The van der Waals surface area contributed by atoms with Crippen molar-refractivity contribution in [1.82, 2.24) is 0 Å². The molecule has 0 spiro atoms. The monoisotopic (exact) mass is 254 g/mol. The number of fused-ring (bicyclic) bond motifs is 1. The van der Waals surface area contributed by atoms with Crippen molar-refractivity contribution in [1.29, 1.82) is 0 Å². The number of hydrogen-bond acceptors (Lipinski definition) is 3. The first-order valence-corrected chi connectivity index (χ1v) is 7.09. The van der Waals surface area contributed by atoms with Gasteiger partial charge < -0.3 is 10.2 Å². The first-order valence-electron chi connectivity index (χ1n) is 7.09. The molecule has 0 aromatic heterocycles. The van der Waals surface area contributed by atoms with Crippen LogP contribution in [0.3, 0.4) is 0 Å². The maximum atomic E-state index is 12.7. The first kappa shape index (κ1) is 14.0. The van der Waals surface area contributed by atoms with E-state index in [2.05, 4.69) is 13.8 Å². The summed E-state index contributed by atoms with van der Waals surface area (Å²) in [5.74, 6) is 0.200. The molecule has 2 aliphatic rings. The van der Waals surface area contributed by atoms with Crippen molar-refractivity contribution >= 4 is 5.78 Å². The van der Waals surface area contributed by atoms with E-state index in [1.165, 1.54) is 0 Å². The molecule has 0 saturated heterocycles. The lowest BCUT2D eigenvalue weighted by atomic mass is 9.52. The van der Waals surface area contributed by atoms with Crippen LogP contribution in [0.5, 0.6) is 0 Å². The Hall–Kier alpha value is -0.410. The minimum Gasteiger partial charge on any atom is -0.393 e. The summed E-state index contributed by atoms with van der Waals surface area (Å²) in [5, 5.41) is 20.1. The summed E-state index contributed by atoms with van der Waals surface area (Å²) >= 11 is 0. The van der Waals surface area contributed by atoms with Crippen LogP contribution in [0.15, 0.2) is 0 Å².